The van der Waals surface area contributed by atoms with Crippen molar-refractivity contribution in [3.05, 3.63) is 102 Å². The molecule has 3 aromatic carbocycles. The topological polar surface area (TPSA) is 173 Å². The third-order valence-electron chi connectivity index (χ3n) is 8.17. The van der Waals surface area contributed by atoms with Gasteiger partial charge < -0.3 is 32.5 Å². The van der Waals surface area contributed by atoms with Crippen LogP contribution in [-0.2, 0) is 27.3 Å². The second-order valence-corrected chi connectivity index (χ2v) is 19.4. The minimum atomic E-state index is -3.74. The van der Waals surface area contributed by atoms with E-state index in [2.05, 4.69) is 34.0 Å². The number of nitrogens with zero attached hydrogens (tertiary/aromatic N) is 5. The fourth-order valence-electron chi connectivity index (χ4n) is 4.83. The average molecular weight is 857 g/mol. The van der Waals surface area contributed by atoms with Crippen molar-refractivity contribution >= 4 is 56.1 Å². The first-order valence-corrected chi connectivity index (χ1v) is 23.4. The normalized spacial score (nSPS) is 18.3. The molecule has 4 rings (SSSR count). The summed E-state index contributed by atoms with van der Waals surface area (Å²) in [5, 5.41) is 19.0. The van der Waals surface area contributed by atoms with Crippen LogP contribution in [0.4, 0.5) is 0 Å². The maximum absolute atomic E-state index is 12.9. The van der Waals surface area contributed by atoms with Crippen molar-refractivity contribution in [2.24, 2.45) is 16.1 Å². The van der Waals surface area contributed by atoms with Crippen molar-refractivity contribution in [1.29, 1.82) is 0 Å². The Morgan fingerprint density at radius 1 is 0.855 bits per heavy atom. The lowest BCUT2D eigenvalue weighted by Crippen LogP contribution is -2.34. The molecule has 0 aliphatic heterocycles. The molecule has 55 heavy (non-hydrogen) atoms. The number of nitrogens with one attached hydrogen (secondary N) is 1. The third kappa shape index (κ3) is 13.8. The van der Waals surface area contributed by atoms with Crippen molar-refractivity contribution in [3.8, 4) is 17.2 Å². The molecule has 16 nitrogen and oxygen atoms in total. The van der Waals surface area contributed by atoms with Crippen LogP contribution < -0.4 is 19.2 Å². The second kappa shape index (κ2) is 22.1. The fraction of sp³-hybridized carbons (Fsp3) is 0.353. The molecule has 1 aliphatic rings. The number of aliphatic hydroxyl groups excluding tert-OH is 1. The Bertz CT molecular complexity index is 1840. The van der Waals surface area contributed by atoms with Crippen LogP contribution in [0.3, 0.4) is 0 Å². The molecule has 0 saturated carbocycles. The van der Waals surface area contributed by atoms with Gasteiger partial charge in [-0.2, -0.15) is 15.0 Å². The smallest absolute Gasteiger partial charge is 0.362 e. The summed E-state index contributed by atoms with van der Waals surface area (Å²) in [7, 11) is -1.39. The molecule has 0 amide bonds. The van der Waals surface area contributed by atoms with Crippen molar-refractivity contribution in [1.82, 2.24) is 19.8 Å². The minimum Gasteiger partial charge on any atom is -0.497 e. The summed E-state index contributed by atoms with van der Waals surface area (Å²) in [6.07, 6.45) is 9.02. The molecule has 0 aromatic heterocycles. The van der Waals surface area contributed by atoms with E-state index in [1.54, 1.807) is 49.4 Å². The van der Waals surface area contributed by atoms with Crippen molar-refractivity contribution < 1.29 is 46.2 Å². The largest absolute Gasteiger partial charge is 0.497 e. The van der Waals surface area contributed by atoms with E-state index < -0.39 is 37.3 Å². The van der Waals surface area contributed by atoms with E-state index >= 15 is 0 Å². The Hall–Kier alpha value is -3.03. The van der Waals surface area contributed by atoms with E-state index in [1.807, 2.05) is 37.4 Å². The molecule has 6 unspecified atom stereocenters. The van der Waals surface area contributed by atoms with E-state index in [-0.39, 0.29) is 23.3 Å². The number of hydrazone groups is 2. The quantitative estimate of drug-likeness (QED) is 0.0315. The minimum absolute atomic E-state index is 0.0726. The van der Waals surface area contributed by atoms with Crippen molar-refractivity contribution in [2.75, 3.05) is 49.0 Å². The number of aliphatic hydroxyl groups is 1. The van der Waals surface area contributed by atoms with E-state index in [4.69, 9.17) is 27.4 Å². The first kappa shape index (κ1) is 44.7. The second-order valence-electron chi connectivity index (χ2n) is 12.0. The highest BCUT2D eigenvalue weighted by atomic mass is 32.7. The van der Waals surface area contributed by atoms with Gasteiger partial charge in [0, 0.05) is 41.9 Å². The summed E-state index contributed by atoms with van der Waals surface area (Å²) in [6.45, 7) is 0.581. The number of hydrogen-bond acceptors (Lipinski definition) is 15. The van der Waals surface area contributed by atoms with Gasteiger partial charge in [0.25, 0.3) is 0 Å². The molecule has 0 bridgehead atoms. The van der Waals surface area contributed by atoms with Crippen LogP contribution >= 0.6 is 43.7 Å². The van der Waals surface area contributed by atoms with Gasteiger partial charge in [-0.15, -0.1) is 0 Å². The number of benzene rings is 3. The van der Waals surface area contributed by atoms with Crippen LogP contribution in [0.2, 0.25) is 0 Å². The number of ether oxygens (including phenoxy) is 1. The molecule has 21 heteroatoms. The Kier molecular flexibility index (Phi) is 17.9. The molecule has 0 radical (unpaired) electrons. The van der Waals surface area contributed by atoms with Gasteiger partial charge in [0.05, 0.1) is 25.6 Å². The van der Waals surface area contributed by atoms with Gasteiger partial charge >= 0.3 is 24.0 Å². The van der Waals surface area contributed by atoms with Gasteiger partial charge in [-0.1, -0.05) is 36.5 Å². The molecule has 300 valence electrons. The lowest BCUT2D eigenvalue weighted by atomic mass is 9.94. The predicted molar refractivity (Wildman–Crippen MR) is 221 cm³/mol. The van der Waals surface area contributed by atoms with Gasteiger partial charge in [0.15, 0.2) is 5.85 Å². The van der Waals surface area contributed by atoms with Gasteiger partial charge in [-0.25, -0.2) is 15.0 Å². The monoisotopic (exact) mass is 856 g/mol. The van der Waals surface area contributed by atoms with Crippen LogP contribution in [-0.4, -0.2) is 87.0 Å². The Balaban J connectivity index is 1.16. The third-order valence-corrected chi connectivity index (χ3v) is 14.4. The number of thiol groups is 1. The van der Waals surface area contributed by atoms with Gasteiger partial charge in [-0.05, 0) is 96.1 Å². The molecule has 0 spiro atoms. The lowest BCUT2D eigenvalue weighted by Gasteiger charge is -2.28. The summed E-state index contributed by atoms with van der Waals surface area (Å²) in [4.78, 5) is 0. The van der Waals surface area contributed by atoms with Crippen molar-refractivity contribution in [2.45, 2.75) is 24.8 Å². The molecule has 0 heterocycles. The van der Waals surface area contributed by atoms with Crippen LogP contribution in [0.15, 0.2) is 95.2 Å². The number of rotatable bonds is 21. The first-order valence-electron chi connectivity index (χ1n) is 16.9. The van der Waals surface area contributed by atoms with Crippen LogP contribution in [0, 0.1) is 5.92 Å². The zero-order chi connectivity index (χ0) is 40.0. The Morgan fingerprint density at radius 2 is 1.40 bits per heavy atom. The van der Waals surface area contributed by atoms with Crippen LogP contribution in [0.5, 0.6) is 17.2 Å². The van der Waals surface area contributed by atoms with Crippen molar-refractivity contribution in [3.63, 3.8) is 0 Å². The van der Waals surface area contributed by atoms with E-state index in [0.29, 0.717) is 17.9 Å². The number of methoxy groups -OCH3 is 1. The molecular formula is C34H48N6O10P4S. The predicted octanol–water partition coefficient (Wildman–Crippen LogP) is 7.59. The fourth-order valence-corrected chi connectivity index (χ4v) is 8.42. The Morgan fingerprint density at radius 3 is 1.95 bits per heavy atom. The molecule has 6 atom stereocenters. The highest BCUT2D eigenvalue weighted by Crippen LogP contribution is 2.58. The zero-order valence-electron chi connectivity index (χ0n) is 31.3. The summed E-state index contributed by atoms with van der Waals surface area (Å²) < 4.78 is 74.6. The van der Waals surface area contributed by atoms with Crippen LogP contribution in [0.1, 0.15) is 35.4 Å². The highest BCUT2D eigenvalue weighted by Gasteiger charge is 2.33. The molecular weight excluding hydrogens is 808 g/mol. The molecule has 1 aliphatic carbocycles. The maximum Gasteiger partial charge on any atom is 0.362 e. The lowest BCUT2D eigenvalue weighted by molar-refractivity contribution is 0.176. The number of hydrogen-bond donors (Lipinski definition) is 3. The van der Waals surface area contributed by atoms with Gasteiger partial charge in [0.1, 0.15) is 17.2 Å². The maximum atomic E-state index is 12.9. The molecule has 3 aromatic rings. The standard InChI is InChI=1S/C34H48N6O10P4S/c1-38(36-24-28-11-19-33(20-12-28)50-53(55)40(3)37-25-26-7-15-30(45-4)16-8-26)51(42)48-31-17-9-27(10-18-31)23-35-39(2)52(43)49-32-21-13-29(14-22-32)34(41)54(44,46-5)47-6/h7-11,13-19,21-23,25,28,33-34,36,41,51-52,55H,12,20,24H2,1-6H3/b35-23+,37-25+. The molecule has 0 saturated heterocycles. The zero-order valence-corrected chi connectivity index (χ0v) is 36.0. The summed E-state index contributed by atoms with van der Waals surface area (Å²) >= 11 is 4.63. The van der Waals surface area contributed by atoms with Crippen LogP contribution in [0.25, 0.3) is 0 Å². The summed E-state index contributed by atoms with van der Waals surface area (Å²) in [5.41, 5.74) is 5.09. The van der Waals surface area contributed by atoms with E-state index in [9.17, 15) is 18.8 Å². The molecule has 2 N–H and O–H groups in total. The summed E-state index contributed by atoms with van der Waals surface area (Å²) in [6, 6.07) is 20.3. The van der Waals surface area contributed by atoms with Gasteiger partial charge in [-0.3, -0.25) is 13.7 Å². The highest BCUT2D eigenvalue weighted by molar-refractivity contribution is 8.42. The van der Waals surface area contributed by atoms with E-state index in [0.717, 1.165) is 24.2 Å². The first-order chi connectivity index (χ1) is 26.3. The molecule has 0 fully saturated rings. The summed E-state index contributed by atoms with van der Waals surface area (Å²) in [5.74, 6) is 0.201. The average Bonchev–Trinajstić information content (AvgIpc) is 3.21. The SMILES string of the molecule is COc1ccc(/C=N/N(C)P(S)OC2C=CC(CNN(C)[PH](=O)Oc3ccc(/C=N/N(C)[PH](=O)Oc4ccc(C(O)P(=O)(OC)OC)cc4)cc3)CC2)cc1. The van der Waals surface area contributed by atoms with Gasteiger partial charge in [0.2, 0.25) is 7.50 Å². The van der Waals surface area contributed by atoms with E-state index in [1.165, 1.54) is 61.3 Å². The Labute approximate surface area is 329 Å². The number of hydrazine groups is 1.